The first kappa shape index (κ1) is 25.9. The second-order valence-electron chi connectivity index (χ2n) is 6.94. The highest BCUT2D eigenvalue weighted by Crippen LogP contribution is 2.61. The quantitative estimate of drug-likeness (QED) is 0.125. The summed E-state index contributed by atoms with van der Waals surface area (Å²) >= 11 is 10.7. The summed E-state index contributed by atoms with van der Waals surface area (Å²) in [6.45, 7) is 0. The number of H-pyrrole nitrogens is 1. The molecule has 1 aliphatic heterocycles. The molecule has 30 heavy (non-hydrogen) atoms. The van der Waals surface area contributed by atoms with Gasteiger partial charge >= 0.3 is 15.6 Å². The fraction of sp³-hybridized carbons (Fsp3) is 0.556. The van der Waals surface area contributed by atoms with E-state index in [1.807, 2.05) is 0 Å². The minimum Gasteiger partial charge on any atom is -0.386 e. The molecule has 0 radical (unpaired) electrons. The van der Waals surface area contributed by atoms with Gasteiger partial charge in [-0.25, -0.2) is 13.5 Å². The Morgan fingerprint density at radius 2 is 1.87 bits per heavy atom. The monoisotopic (exact) mass is 508 g/mol. The zero-order valence-corrected chi connectivity index (χ0v) is 18.8. The van der Waals surface area contributed by atoms with Crippen molar-refractivity contribution in [3.05, 3.63) is 26.3 Å². The zero-order valence-electron chi connectivity index (χ0n) is 15.4. The number of aliphatic hydroxyl groups is 2. The molecule has 2 heterocycles. The molecule has 0 spiro atoms. The van der Waals surface area contributed by atoms with E-state index >= 15 is 4.39 Å². The maximum absolute atomic E-state index is 15.8. The molecule has 5 atom stereocenters. The van der Waals surface area contributed by atoms with E-state index in [4.69, 9.17) is 38.3 Å². The Kier molecular flexibility index (Phi) is 6.83. The minimum atomic E-state index is -5.59. The van der Waals surface area contributed by atoms with Gasteiger partial charge in [0.2, 0.25) is 0 Å². The van der Waals surface area contributed by atoms with E-state index in [9.17, 15) is 29.0 Å². The summed E-state index contributed by atoms with van der Waals surface area (Å²) < 4.78 is 52.3. The number of hydrogen-bond donors (Lipinski definition) is 6. The Morgan fingerprint density at radius 1 is 1.33 bits per heavy atom. The highest BCUT2D eigenvalue weighted by Gasteiger charge is 2.69. The number of hydrogen-bond acceptors (Lipinski definition) is 9. The van der Waals surface area contributed by atoms with Crippen LogP contribution in [0.25, 0.3) is 0 Å². The van der Waals surface area contributed by atoms with Crippen LogP contribution >= 0.6 is 39.5 Å². The normalized spacial score (nSPS) is 32.1. The molecule has 0 bridgehead atoms. The number of rotatable bonds is 6. The molecule has 21 heteroatoms. The molecule has 1 aromatic heterocycles. The van der Waals surface area contributed by atoms with Crippen molar-refractivity contribution in [1.29, 1.82) is 0 Å². The predicted molar refractivity (Wildman–Crippen MR) is 108 cm³/mol. The van der Waals surface area contributed by atoms with Gasteiger partial charge in [0.1, 0.15) is 38.5 Å². The van der Waals surface area contributed by atoms with Crippen molar-refractivity contribution < 1.29 is 52.0 Å². The first-order valence-electron chi connectivity index (χ1n) is 7.83. The number of aliphatic hydroxyl groups excluding tert-OH is 2. The second-order valence-corrected chi connectivity index (χ2v) is 10.5. The molecule has 1 aromatic rings. The number of phosphoric acid groups is 2. The van der Waals surface area contributed by atoms with E-state index in [0.29, 0.717) is 0 Å². The van der Waals surface area contributed by atoms with Gasteiger partial charge in [-0.15, -0.1) is 0 Å². The Morgan fingerprint density at radius 3 is 2.37 bits per heavy atom. The Balaban J connectivity index is 2.51. The van der Waals surface area contributed by atoms with Crippen LogP contribution in [0.1, 0.15) is 0 Å². The molecular weight excluding hydrogens is 493 g/mol. The fourth-order valence-electron chi connectivity index (χ4n) is 2.87. The highest BCUT2D eigenvalue weighted by molar-refractivity contribution is 7.71. The molecule has 0 saturated carbocycles. The van der Waals surface area contributed by atoms with Crippen LogP contribution in [0.4, 0.5) is 4.39 Å². The van der Waals surface area contributed by atoms with E-state index in [0.717, 1.165) is 34.3 Å². The molecule has 6 N–H and O–H groups in total. The summed E-state index contributed by atoms with van der Waals surface area (Å²) in [7, 11) is -8.46. The van der Waals surface area contributed by atoms with Crippen molar-refractivity contribution in [2.24, 2.45) is 0 Å². The first-order chi connectivity index (χ1) is 13.3. The van der Waals surface area contributed by atoms with Crippen LogP contribution in [0.2, 0.25) is 5.02 Å². The van der Waals surface area contributed by atoms with Crippen LogP contribution in [0, 0.1) is 4.77 Å². The van der Waals surface area contributed by atoms with Gasteiger partial charge in [0, 0.05) is 6.20 Å². The van der Waals surface area contributed by atoms with E-state index in [2.05, 4.69) is 13.8 Å². The lowest BCUT2D eigenvalue weighted by molar-refractivity contribution is -0.239. The number of nitrogens with one attached hydrogen (secondary N) is 1. The average Bonchev–Trinajstić information content (AvgIpc) is 2.70. The van der Waals surface area contributed by atoms with Crippen molar-refractivity contribution in [2.45, 2.75) is 29.1 Å². The molecule has 166 valence electrons. The molecule has 2 rings (SSSR count). The lowest BCUT2D eigenvalue weighted by Crippen LogP contribution is -2.60. The Labute approximate surface area is 180 Å². The molecule has 1 aliphatic rings. The van der Waals surface area contributed by atoms with Crippen molar-refractivity contribution in [2.75, 3.05) is 0 Å². The summed E-state index contributed by atoms with van der Waals surface area (Å²) in [6.07, 6.45) is -3.63. The number of nitrogens with zero attached hydrogens (tertiary/aromatic N) is 1. The van der Waals surface area contributed by atoms with Gasteiger partial charge in [0.15, 0.2) is 12.6 Å². The second kappa shape index (κ2) is 7.90. The first-order valence-corrected chi connectivity index (χ1v) is 11.6. The number of halogens is 2. The van der Waals surface area contributed by atoms with Crippen molar-refractivity contribution in [3.8, 4) is 0 Å². The van der Waals surface area contributed by atoms with Gasteiger partial charge in [-0.1, -0.05) is 11.6 Å². The molecule has 1 saturated heterocycles. The third kappa shape index (κ3) is 4.70. The third-order valence-electron chi connectivity index (χ3n) is 4.33. The maximum atomic E-state index is 15.8. The van der Waals surface area contributed by atoms with Crippen molar-refractivity contribution >= 4 is 63.0 Å². The number of alkyl halides is 1. The SMILES string of the molecule is BC(B)(OP(=O)(O)OP(=O)(O)O)[C@@]1(F)O[C@@](B)(n2cc(Cl)c(=O)[nH]c2=S)[C@H](O)[C@@H]1O. The number of phosphoric ester groups is 1. The molecule has 1 unspecified atom stereocenters. The Bertz CT molecular complexity index is 1070. The van der Waals surface area contributed by atoms with Crippen molar-refractivity contribution in [3.63, 3.8) is 0 Å². The van der Waals surface area contributed by atoms with Gasteiger partial charge in [-0.2, -0.15) is 4.31 Å². The largest absolute Gasteiger partial charge is 0.480 e. The van der Waals surface area contributed by atoms with Gasteiger partial charge in [0.05, 0.1) is 5.40 Å². The summed E-state index contributed by atoms with van der Waals surface area (Å²) in [5.74, 6) is -3.46. The number of aromatic nitrogens is 2. The molecule has 1 fully saturated rings. The number of ether oxygens (including phenoxy) is 1. The molecule has 0 amide bonds. The summed E-state index contributed by atoms with van der Waals surface area (Å²) in [4.78, 5) is 40.6. The lowest BCUT2D eigenvalue weighted by Gasteiger charge is -2.40. The van der Waals surface area contributed by atoms with Gasteiger partial charge < -0.3 is 29.6 Å². The lowest BCUT2D eigenvalue weighted by atomic mass is 9.59. The van der Waals surface area contributed by atoms with Crippen LogP contribution in [0.3, 0.4) is 0 Å². The van der Waals surface area contributed by atoms with E-state index in [1.54, 1.807) is 0 Å². The van der Waals surface area contributed by atoms with Crippen LogP contribution in [0.5, 0.6) is 0 Å². The van der Waals surface area contributed by atoms with E-state index in [-0.39, 0.29) is 4.77 Å². The molecule has 0 aromatic carbocycles. The van der Waals surface area contributed by atoms with E-state index in [1.165, 1.54) is 0 Å². The average molecular weight is 508 g/mol. The maximum Gasteiger partial charge on any atom is 0.480 e. The van der Waals surface area contributed by atoms with Gasteiger partial charge in [0.25, 0.3) is 11.4 Å². The zero-order chi connectivity index (χ0) is 23.5. The number of aromatic amines is 1. The smallest absolute Gasteiger partial charge is 0.386 e. The van der Waals surface area contributed by atoms with Crippen LogP contribution in [-0.4, -0.2) is 81.4 Å². The molecular formula is C9H15B3ClFN2O11P2S. The van der Waals surface area contributed by atoms with E-state index < -0.39 is 55.3 Å². The van der Waals surface area contributed by atoms with Crippen LogP contribution < -0.4 is 5.56 Å². The van der Waals surface area contributed by atoms with Crippen molar-refractivity contribution in [1.82, 2.24) is 9.55 Å². The van der Waals surface area contributed by atoms with Crippen LogP contribution in [-0.2, 0) is 28.3 Å². The molecule has 13 nitrogen and oxygen atoms in total. The summed E-state index contributed by atoms with van der Waals surface area (Å²) in [5.41, 5.74) is -3.01. The minimum absolute atomic E-state index is 0.376. The highest BCUT2D eigenvalue weighted by atomic mass is 35.5. The van der Waals surface area contributed by atoms with Gasteiger partial charge in [-0.3, -0.25) is 18.9 Å². The summed E-state index contributed by atoms with van der Waals surface area (Å²) in [5, 5.41) is 17.8. The third-order valence-corrected chi connectivity index (χ3v) is 7.27. The Hall–Kier alpha value is -0.345. The topological polar surface area (TPSA) is 201 Å². The van der Waals surface area contributed by atoms with Crippen LogP contribution in [0.15, 0.2) is 11.0 Å². The standard InChI is InChI=1S/C9H15B3ClFN2O11P2S/c10-8(16-1-2(13)5(19)15-6(16)30)4(18)3(17)7(14,25-8)9(11,12)26-29(23,24)27-28(20,21)22/h1,3-4,17-18H,10-12H2,(H,23,24)(H,15,19,30)(H2,20,21,22)/t3-,4+,7-,8-/m0/s1. The summed E-state index contributed by atoms with van der Waals surface area (Å²) in [6, 6.07) is 0. The fourth-order valence-corrected chi connectivity index (χ4v) is 5.25. The van der Waals surface area contributed by atoms with Gasteiger partial charge in [-0.05, 0) is 12.2 Å². The predicted octanol–water partition coefficient (Wildman–Crippen LogP) is -3.63. The molecule has 0 aliphatic carbocycles.